The van der Waals surface area contributed by atoms with E-state index in [1.54, 1.807) is 25.3 Å². The standard InChI is InChI=1S/C28H29BrO3/c1-19-6-13-24(28(2,3)4)27(16-19)32-18-22-17-20(8-15-26(22)31-5)7-14-25(30)21-9-11-23(29)12-10-21/h6-17H,18H2,1-5H3/b14-7+. The highest BCUT2D eigenvalue weighted by atomic mass is 79.9. The van der Waals surface area contributed by atoms with E-state index in [0.717, 1.165) is 32.7 Å². The van der Waals surface area contributed by atoms with Crippen molar-refractivity contribution in [1.82, 2.24) is 0 Å². The van der Waals surface area contributed by atoms with Crippen molar-refractivity contribution >= 4 is 27.8 Å². The molecule has 0 spiro atoms. The van der Waals surface area contributed by atoms with Crippen LogP contribution in [-0.4, -0.2) is 12.9 Å². The lowest BCUT2D eigenvalue weighted by Crippen LogP contribution is -2.13. The van der Waals surface area contributed by atoms with Crippen LogP contribution < -0.4 is 9.47 Å². The van der Waals surface area contributed by atoms with E-state index in [0.29, 0.717) is 12.2 Å². The van der Waals surface area contributed by atoms with Crippen LogP contribution in [0.3, 0.4) is 0 Å². The fraction of sp³-hybridized carbons (Fsp3) is 0.250. The molecule has 0 aromatic heterocycles. The highest BCUT2D eigenvalue weighted by molar-refractivity contribution is 9.10. The van der Waals surface area contributed by atoms with Crippen LogP contribution in [0, 0.1) is 6.92 Å². The molecule has 0 saturated carbocycles. The topological polar surface area (TPSA) is 35.5 Å². The number of carbonyl (C=O) groups is 1. The van der Waals surface area contributed by atoms with E-state index >= 15 is 0 Å². The fourth-order valence-corrected chi connectivity index (χ4v) is 3.69. The van der Waals surface area contributed by atoms with Crippen molar-refractivity contribution in [3.63, 3.8) is 0 Å². The molecular formula is C28H29BrO3. The maximum Gasteiger partial charge on any atom is 0.185 e. The summed E-state index contributed by atoms with van der Waals surface area (Å²) in [5.74, 6) is 1.60. The summed E-state index contributed by atoms with van der Waals surface area (Å²) in [5.41, 5.74) is 4.78. The van der Waals surface area contributed by atoms with Crippen molar-refractivity contribution in [3.8, 4) is 11.5 Å². The van der Waals surface area contributed by atoms with Crippen LogP contribution in [0.5, 0.6) is 11.5 Å². The largest absolute Gasteiger partial charge is 0.496 e. The van der Waals surface area contributed by atoms with Gasteiger partial charge in [0.1, 0.15) is 18.1 Å². The summed E-state index contributed by atoms with van der Waals surface area (Å²) < 4.78 is 12.7. The number of ketones is 1. The van der Waals surface area contributed by atoms with Crippen LogP contribution in [0.25, 0.3) is 6.08 Å². The second kappa shape index (κ2) is 10.2. The SMILES string of the molecule is COc1ccc(/C=C/C(=O)c2ccc(Br)cc2)cc1COc1cc(C)ccc1C(C)(C)C. The van der Waals surface area contributed by atoms with Crippen molar-refractivity contribution in [1.29, 1.82) is 0 Å². The molecule has 0 saturated heterocycles. The van der Waals surface area contributed by atoms with Crippen molar-refractivity contribution < 1.29 is 14.3 Å². The van der Waals surface area contributed by atoms with Crippen molar-refractivity contribution in [2.24, 2.45) is 0 Å². The molecule has 3 aromatic carbocycles. The Morgan fingerprint density at radius 1 is 0.969 bits per heavy atom. The molecule has 0 heterocycles. The Bertz CT molecular complexity index is 1120. The Balaban J connectivity index is 1.81. The van der Waals surface area contributed by atoms with E-state index < -0.39 is 0 Å². The average Bonchev–Trinajstić information content (AvgIpc) is 2.75. The van der Waals surface area contributed by atoms with Crippen molar-refractivity contribution in [2.45, 2.75) is 39.7 Å². The summed E-state index contributed by atoms with van der Waals surface area (Å²) in [6, 6.07) is 19.5. The predicted octanol–water partition coefficient (Wildman–Crippen LogP) is 7.54. The molecule has 0 aliphatic carbocycles. The van der Waals surface area contributed by atoms with Crippen molar-refractivity contribution in [2.75, 3.05) is 7.11 Å². The number of benzene rings is 3. The molecule has 0 radical (unpaired) electrons. The molecule has 3 nitrogen and oxygen atoms in total. The minimum absolute atomic E-state index is 0.0227. The molecule has 0 unspecified atom stereocenters. The highest BCUT2D eigenvalue weighted by Gasteiger charge is 2.19. The lowest BCUT2D eigenvalue weighted by molar-refractivity contribution is 0.104. The van der Waals surface area contributed by atoms with Gasteiger partial charge in [0.2, 0.25) is 0 Å². The van der Waals surface area contributed by atoms with E-state index in [1.807, 2.05) is 36.4 Å². The zero-order valence-corrected chi connectivity index (χ0v) is 20.8. The third-order valence-electron chi connectivity index (χ3n) is 5.19. The van der Waals surface area contributed by atoms with Gasteiger partial charge in [-0.3, -0.25) is 4.79 Å². The monoisotopic (exact) mass is 492 g/mol. The van der Waals surface area contributed by atoms with Crippen LogP contribution in [-0.2, 0) is 12.0 Å². The van der Waals surface area contributed by atoms with Gasteiger partial charge in [-0.05, 0) is 77.6 Å². The van der Waals surface area contributed by atoms with Gasteiger partial charge in [0.25, 0.3) is 0 Å². The quantitative estimate of drug-likeness (QED) is 0.252. The van der Waals surface area contributed by atoms with E-state index in [9.17, 15) is 4.79 Å². The van der Waals surface area contributed by atoms with E-state index in [4.69, 9.17) is 9.47 Å². The van der Waals surface area contributed by atoms with Crippen LogP contribution in [0.15, 0.2) is 71.2 Å². The number of allylic oxidation sites excluding steroid dienone is 1. The first-order valence-electron chi connectivity index (χ1n) is 10.6. The lowest BCUT2D eigenvalue weighted by atomic mass is 9.86. The number of carbonyl (C=O) groups excluding carboxylic acids is 1. The maximum atomic E-state index is 12.5. The summed E-state index contributed by atoms with van der Waals surface area (Å²) >= 11 is 3.39. The number of aryl methyl sites for hydroxylation is 1. The summed E-state index contributed by atoms with van der Waals surface area (Å²) in [6.45, 7) is 8.97. The number of hydrogen-bond acceptors (Lipinski definition) is 3. The highest BCUT2D eigenvalue weighted by Crippen LogP contribution is 2.33. The molecule has 0 atom stereocenters. The fourth-order valence-electron chi connectivity index (χ4n) is 3.42. The molecule has 0 fully saturated rings. The number of methoxy groups -OCH3 is 1. The Morgan fingerprint density at radius 2 is 1.69 bits per heavy atom. The Kier molecular flexibility index (Phi) is 7.57. The zero-order chi connectivity index (χ0) is 23.3. The Hall–Kier alpha value is -2.85. The summed E-state index contributed by atoms with van der Waals surface area (Å²) in [6.07, 6.45) is 3.41. The first-order chi connectivity index (χ1) is 15.2. The number of hydrogen-bond donors (Lipinski definition) is 0. The van der Waals surface area contributed by atoms with E-state index in [1.165, 1.54) is 5.56 Å². The first kappa shape index (κ1) is 23.8. The third-order valence-corrected chi connectivity index (χ3v) is 5.72. The zero-order valence-electron chi connectivity index (χ0n) is 19.2. The molecule has 4 heteroatoms. The van der Waals surface area contributed by atoms with Crippen LogP contribution in [0.4, 0.5) is 0 Å². The number of ether oxygens (including phenoxy) is 2. The van der Waals surface area contributed by atoms with Crippen LogP contribution >= 0.6 is 15.9 Å². The van der Waals surface area contributed by atoms with Gasteiger partial charge in [0, 0.05) is 15.6 Å². The molecule has 166 valence electrons. The van der Waals surface area contributed by atoms with Crippen molar-refractivity contribution in [3.05, 3.63) is 99.0 Å². The molecular weight excluding hydrogens is 464 g/mol. The molecule has 3 rings (SSSR count). The molecule has 0 aliphatic heterocycles. The van der Waals surface area contributed by atoms with Gasteiger partial charge in [-0.2, -0.15) is 0 Å². The van der Waals surface area contributed by atoms with Crippen LogP contribution in [0.1, 0.15) is 53.4 Å². The smallest absolute Gasteiger partial charge is 0.185 e. The van der Waals surface area contributed by atoms with Gasteiger partial charge in [-0.1, -0.05) is 61.0 Å². The molecule has 3 aromatic rings. The molecule has 0 amide bonds. The van der Waals surface area contributed by atoms with Gasteiger partial charge < -0.3 is 9.47 Å². The van der Waals surface area contributed by atoms with E-state index in [2.05, 4.69) is 61.8 Å². The first-order valence-corrected chi connectivity index (χ1v) is 11.4. The molecule has 0 aliphatic rings. The minimum Gasteiger partial charge on any atom is -0.496 e. The summed E-state index contributed by atoms with van der Waals surface area (Å²) in [7, 11) is 1.65. The second-order valence-corrected chi connectivity index (χ2v) is 9.73. The van der Waals surface area contributed by atoms with Gasteiger partial charge in [0.15, 0.2) is 5.78 Å². The van der Waals surface area contributed by atoms with Gasteiger partial charge in [0.05, 0.1) is 7.11 Å². The van der Waals surface area contributed by atoms with Gasteiger partial charge in [-0.25, -0.2) is 0 Å². The third kappa shape index (κ3) is 6.10. The maximum absolute atomic E-state index is 12.5. The number of halogens is 1. The Morgan fingerprint density at radius 3 is 2.34 bits per heavy atom. The molecule has 32 heavy (non-hydrogen) atoms. The Labute approximate surface area is 199 Å². The second-order valence-electron chi connectivity index (χ2n) is 8.81. The molecule has 0 N–H and O–H groups in total. The summed E-state index contributed by atoms with van der Waals surface area (Å²) in [4.78, 5) is 12.5. The van der Waals surface area contributed by atoms with Gasteiger partial charge >= 0.3 is 0 Å². The van der Waals surface area contributed by atoms with Gasteiger partial charge in [-0.15, -0.1) is 0 Å². The average molecular weight is 493 g/mol. The number of rotatable bonds is 7. The summed E-state index contributed by atoms with van der Waals surface area (Å²) in [5, 5.41) is 0. The predicted molar refractivity (Wildman–Crippen MR) is 135 cm³/mol. The minimum atomic E-state index is -0.0410. The lowest BCUT2D eigenvalue weighted by Gasteiger charge is -2.23. The normalized spacial score (nSPS) is 11.6. The van der Waals surface area contributed by atoms with E-state index in [-0.39, 0.29) is 11.2 Å². The molecule has 0 bridgehead atoms. The van der Waals surface area contributed by atoms with Crippen LogP contribution in [0.2, 0.25) is 0 Å².